The molecule has 0 aromatic heterocycles. The molecule has 2 saturated heterocycles. The molecule has 0 unspecified atom stereocenters. The minimum atomic E-state index is -0.472. The van der Waals surface area contributed by atoms with Gasteiger partial charge in [-0.25, -0.2) is 0 Å². The van der Waals surface area contributed by atoms with Crippen LogP contribution in [-0.2, 0) is 16.5 Å². The van der Waals surface area contributed by atoms with Gasteiger partial charge < -0.3 is 10.6 Å². The monoisotopic (exact) mass is 545 g/mol. The molecule has 0 bridgehead atoms. The van der Waals surface area contributed by atoms with Crippen LogP contribution in [0.15, 0.2) is 0 Å². The molecule has 0 aliphatic carbocycles. The topological polar surface area (TPSA) is 28.2 Å². The van der Waals surface area contributed by atoms with Gasteiger partial charge in [0.25, 0.3) is 0 Å². The van der Waals surface area contributed by atoms with Crippen LogP contribution in [0.2, 0.25) is 0 Å². The fourth-order valence-corrected chi connectivity index (χ4v) is 3.23. The van der Waals surface area contributed by atoms with Crippen LogP contribution in [0.4, 0.5) is 0 Å². The predicted octanol–water partition coefficient (Wildman–Crippen LogP) is 7.01. The molecule has 2 rings (SSSR count). The van der Waals surface area contributed by atoms with Gasteiger partial charge in [-0.15, -0.1) is 26.2 Å². The van der Waals surface area contributed by atoms with Crippen molar-refractivity contribution >= 4 is 18.8 Å². The second kappa shape index (κ2) is 12.5. The molecule has 0 spiro atoms. The predicted molar refractivity (Wildman–Crippen MR) is 102 cm³/mol. The number of nitrogens with zero attached hydrogens (tertiary/aromatic N) is 2. The average molecular weight is 546 g/mol. The SMILES string of the molecule is CC(C)(C)C1CC[N-]CC1.CC(C)(C)C1CC[N-]CC1.[Cl][Pt+2][Cl]. The minimum absolute atomic E-state index is 0.472. The average Bonchev–Trinajstić information content (AvgIpc) is 2.49. The molecular weight excluding hydrogens is 510 g/mol. The van der Waals surface area contributed by atoms with Crippen LogP contribution in [0.3, 0.4) is 0 Å². The Balaban J connectivity index is 0.000000360. The summed E-state index contributed by atoms with van der Waals surface area (Å²) < 4.78 is 0. The van der Waals surface area contributed by atoms with E-state index in [0.717, 1.165) is 38.0 Å². The first kappa shape index (κ1) is 24.2. The van der Waals surface area contributed by atoms with Crippen molar-refractivity contribution in [2.24, 2.45) is 22.7 Å². The van der Waals surface area contributed by atoms with Crippen molar-refractivity contribution in [3.8, 4) is 0 Å². The van der Waals surface area contributed by atoms with Gasteiger partial charge in [-0.3, -0.25) is 0 Å². The summed E-state index contributed by atoms with van der Waals surface area (Å²) in [5.41, 5.74) is 1.02. The van der Waals surface area contributed by atoms with Crippen molar-refractivity contribution in [3.63, 3.8) is 0 Å². The molecule has 0 aromatic carbocycles. The van der Waals surface area contributed by atoms with Gasteiger partial charge in [-0.05, 0) is 22.7 Å². The molecule has 23 heavy (non-hydrogen) atoms. The van der Waals surface area contributed by atoms with Gasteiger partial charge >= 0.3 is 35.3 Å². The van der Waals surface area contributed by atoms with E-state index in [-0.39, 0.29) is 0 Å². The Morgan fingerprint density at radius 1 is 0.652 bits per heavy atom. The van der Waals surface area contributed by atoms with E-state index in [0.29, 0.717) is 10.8 Å². The molecule has 2 aliphatic heterocycles. The fraction of sp³-hybridized carbons (Fsp3) is 1.00. The molecular formula is C18H36Cl2N2Pt. The van der Waals surface area contributed by atoms with Crippen molar-refractivity contribution in [2.75, 3.05) is 26.2 Å². The Labute approximate surface area is 161 Å². The Kier molecular flexibility index (Phi) is 13.2. The van der Waals surface area contributed by atoms with E-state index in [4.69, 9.17) is 18.8 Å². The van der Waals surface area contributed by atoms with Crippen LogP contribution in [0, 0.1) is 22.7 Å². The van der Waals surface area contributed by atoms with Crippen LogP contribution in [0.25, 0.3) is 10.6 Å². The summed E-state index contributed by atoms with van der Waals surface area (Å²) in [6.07, 6.45) is 5.24. The molecule has 2 fully saturated rings. The van der Waals surface area contributed by atoms with Crippen molar-refractivity contribution < 1.29 is 16.5 Å². The third-order valence-corrected chi connectivity index (χ3v) is 4.99. The zero-order valence-corrected chi connectivity index (χ0v) is 19.6. The van der Waals surface area contributed by atoms with Crippen LogP contribution in [0.5, 0.6) is 0 Å². The van der Waals surface area contributed by atoms with Crippen LogP contribution >= 0.6 is 18.8 Å². The zero-order valence-electron chi connectivity index (χ0n) is 15.8. The standard InChI is InChI=1S/2C9H18N.2ClH.Pt/c2*1-9(2,3)8-4-6-10-7-5-8;;;/h2*8H,4-7H2,1-3H3;2*1H;/q2*-1;;;+4/p-2. The van der Waals surface area contributed by atoms with Crippen molar-refractivity contribution in [3.05, 3.63) is 10.6 Å². The van der Waals surface area contributed by atoms with Crippen molar-refractivity contribution in [1.82, 2.24) is 0 Å². The number of hydrogen-bond acceptors (Lipinski definition) is 0. The number of halogens is 2. The molecule has 2 aliphatic rings. The van der Waals surface area contributed by atoms with Crippen LogP contribution in [-0.4, -0.2) is 26.2 Å². The van der Waals surface area contributed by atoms with E-state index in [2.05, 4.69) is 52.2 Å². The van der Waals surface area contributed by atoms with Gasteiger partial charge in [0.2, 0.25) is 0 Å². The van der Waals surface area contributed by atoms with E-state index >= 15 is 0 Å². The molecule has 0 amide bonds. The molecule has 0 saturated carbocycles. The Bertz CT molecular complexity index is 248. The molecule has 0 aromatic rings. The van der Waals surface area contributed by atoms with Gasteiger partial charge in [0.15, 0.2) is 0 Å². The summed E-state index contributed by atoms with van der Waals surface area (Å²) in [6, 6.07) is 0. The summed E-state index contributed by atoms with van der Waals surface area (Å²) in [7, 11) is 9.75. The van der Waals surface area contributed by atoms with Gasteiger partial charge in [0, 0.05) is 0 Å². The van der Waals surface area contributed by atoms with E-state index in [1.54, 1.807) is 0 Å². The van der Waals surface area contributed by atoms with Gasteiger partial charge in [0.05, 0.1) is 0 Å². The second-order valence-corrected chi connectivity index (χ2v) is 12.0. The van der Waals surface area contributed by atoms with Crippen molar-refractivity contribution in [2.45, 2.75) is 67.2 Å². The zero-order chi connectivity index (χ0) is 17.9. The first-order valence-electron chi connectivity index (χ1n) is 8.71. The molecule has 2 nitrogen and oxygen atoms in total. The summed E-state index contributed by atoms with van der Waals surface area (Å²) in [4.78, 5) is 0. The fourth-order valence-electron chi connectivity index (χ4n) is 3.23. The Morgan fingerprint density at radius 2 is 0.870 bits per heavy atom. The van der Waals surface area contributed by atoms with E-state index in [9.17, 15) is 0 Å². The molecule has 0 N–H and O–H groups in total. The molecule has 0 radical (unpaired) electrons. The summed E-state index contributed by atoms with van der Waals surface area (Å²) in [5, 5.41) is 8.68. The normalized spacial score (nSPS) is 21.0. The molecule has 0 atom stereocenters. The third kappa shape index (κ3) is 12.2. The maximum atomic E-state index is 4.88. The molecule has 2 heterocycles. The summed E-state index contributed by atoms with van der Waals surface area (Å²) >= 11 is -0.472. The summed E-state index contributed by atoms with van der Waals surface area (Å²) in [6.45, 7) is 18.4. The van der Waals surface area contributed by atoms with Gasteiger partial charge in [0.1, 0.15) is 0 Å². The number of rotatable bonds is 0. The number of piperidine rings is 2. The molecule has 5 heteroatoms. The van der Waals surface area contributed by atoms with E-state index in [1.165, 1.54) is 25.7 Å². The van der Waals surface area contributed by atoms with E-state index in [1.807, 2.05) is 0 Å². The second-order valence-electron chi connectivity index (χ2n) is 8.67. The summed E-state index contributed by atoms with van der Waals surface area (Å²) in [5.74, 6) is 1.81. The van der Waals surface area contributed by atoms with E-state index < -0.39 is 16.5 Å². The first-order chi connectivity index (χ1) is 10.6. The van der Waals surface area contributed by atoms with Crippen LogP contribution in [0.1, 0.15) is 67.2 Å². The first-order valence-corrected chi connectivity index (χ1v) is 14.3. The van der Waals surface area contributed by atoms with Gasteiger partial charge in [-0.1, -0.05) is 67.2 Å². The maximum absolute atomic E-state index is 4.88. The van der Waals surface area contributed by atoms with Crippen LogP contribution < -0.4 is 0 Å². The Hall–Kier alpha value is 1.19. The number of hydrogen-bond donors (Lipinski definition) is 0. The van der Waals surface area contributed by atoms with Gasteiger partial charge in [-0.2, -0.15) is 0 Å². The quantitative estimate of drug-likeness (QED) is 0.313. The van der Waals surface area contributed by atoms with Crippen molar-refractivity contribution in [1.29, 1.82) is 0 Å². The molecule has 142 valence electrons. The third-order valence-electron chi connectivity index (χ3n) is 4.99. The Morgan fingerprint density at radius 3 is 1.00 bits per heavy atom.